The van der Waals surface area contributed by atoms with E-state index in [4.69, 9.17) is 0 Å². The van der Waals surface area contributed by atoms with Gasteiger partial charge >= 0.3 is 0 Å². The number of aliphatic hydroxyl groups is 1. The molecule has 1 aromatic rings. The topological polar surface area (TPSA) is 69.6 Å². The number of hydrogen-bond donors (Lipinski definition) is 2. The Hall–Kier alpha value is -1.88. The van der Waals surface area contributed by atoms with Gasteiger partial charge in [-0.05, 0) is 30.4 Å². The SMILES string of the molecule is CCCC(=O)N1CCCC(C(=O)NC2c3ccccc3CC2O)C1. The molecule has 1 aliphatic heterocycles. The Bertz CT molecular complexity index is 616. The van der Waals surface area contributed by atoms with E-state index in [-0.39, 0.29) is 23.8 Å². The summed E-state index contributed by atoms with van der Waals surface area (Å²) in [5.74, 6) is -0.0921. The zero-order valence-electron chi connectivity index (χ0n) is 14.2. The van der Waals surface area contributed by atoms with E-state index in [1.54, 1.807) is 0 Å². The second-order valence-corrected chi connectivity index (χ2v) is 6.89. The van der Waals surface area contributed by atoms with E-state index in [0.29, 0.717) is 19.4 Å². The Morgan fingerprint density at radius 2 is 2.12 bits per heavy atom. The van der Waals surface area contributed by atoms with Gasteiger partial charge in [-0.3, -0.25) is 9.59 Å². The predicted molar refractivity (Wildman–Crippen MR) is 91.2 cm³/mol. The molecular weight excluding hydrogens is 304 g/mol. The van der Waals surface area contributed by atoms with Crippen LogP contribution in [0.2, 0.25) is 0 Å². The van der Waals surface area contributed by atoms with Crippen LogP contribution in [0.4, 0.5) is 0 Å². The number of aliphatic hydroxyl groups excluding tert-OH is 1. The fraction of sp³-hybridized carbons (Fsp3) is 0.579. The largest absolute Gasteiger partial charge is 0.390 e. The molecule has 0 spiro atoms. The monoisotopic (exact) mass is 330 g/mol. The molecule has 2 amide bonds. The molecule has 3 atom stereocenters. The Morgan fingerprint density at radius 3 is 2.92 bits per heavy atom. The van der Waals surface area contributed by atoms with Crippen molar-refractivity contribution in [3.05, 3.63) is 35.4 Å². The zero-order valence-corrected chi connectivity index (χ0v) is 14.2. The van der Waals surface area contributed by atoms with Crippen LogP contribution in [0.15, 0.2) is 24.3 Å². The molecule has 1 aliphatic carbocycles. The molecule has 24 heavy (non-hydrogen) atoms. The first-order chi connectivity index (χ1) is 11.6. The molecule has 3 rings (SSSR count). The number of likely N-dealkylation sites (tertiary alicyclic amines) is 1. The molecule has 130 valence electrons. The second-order valence-electron chi connectivity index (χ2n) is 6.89. The Morgan fingerprint density at radius 1 is 1.33 bits per heavy atom. The van der Waals surface area contributed by atoms with Gasteiger partial charge in [0.05, 0.1) is 18.1 Å². The maximum atomic E-state index is 12.7. The number of carbonyl (C=O) groups is 2. The standard InChI is InChI=1S/C19H26N2O3/c1-2-6-17(23)21-10-5-8-14(12-21)19(24)20-18-15-9-4-3-7-13(15)11-16(18)22/h3-4,7,9,14,16,18,22H,2,5-6,8,10-12H2,1H3,(H,20,24). The molecule has 2 N–H and O–H groups in total. The molecule has 5 heteroatoms. The minimum Gasteiger partial charge on any atom is -0.390 e. The summed E-state index contributed by atoms with van der Waals surface area (Å²) in [6.07, 6.45) is 3.03. The number of nitrogens with zero attached hydrogens (tertiary/aromatic N) is 1. The van der Waals surface area contributed by atoms with Gasteiger partial charge in [0.25, 0.3) is 0 Å². The molecule has 0 bridgehead atoms. The van der Waals surface area contributed by atoms with Crippen LogP contribution in [0.3, 0.4) is 0 Å². The van der Waals surface area contributed by atoms with Crippen molar-refractivity contribution in [2.75, 3.05) is 13.1 Å². The number of amides is 2. The van der Waals surface area contributed by atoms with Crippen molar-refractivity contribution >= 4 is 11.8 Å². The smallest absolute Gasteiger partial charge is 0.225 e. The highest BCUT2D eigenvalue weighted by Crippen LogP contribution is 2.32. The molecule has 0 saturated carbocycles. The van der Waals surface area contributed by atoms with Crippen molar-refractivity contribution in [3.8, 4) is 0 Å². The van der Waals surface area contributed by atoms with Crippen LogP contribution in [-0.2, 0) is 16.0 Å². The Balaban J connectivity index is 1.64. The normalized spacial score (nSPS) is 26.1. The molecular formula is C19H26N2O3. The lowest BCUT2D eigenvalue weighted by Gasteiger charge is -2.33. The summed E-state index contributed by atoms with van der Waals surface area (Å²) in [5, 5.41) is 13.3. The first-order valence-electron chi connectivity index (χ1n) is 8.94. The average Bonchev–Trinajstić information content (AvgIpc) is 2.91. The fourth-order valence-corrected chi connectivity index (χ4v) is 3.81. The van der Waals surface area contributed by atoms with Gasteiger partial charge in [0.15, 0.2) is 0 Å². The summed E-state index contributed by atoms with van der Waals surface area (Å²) in [6.45, 7) is 3.23. The Kier molecular flexibility index (Phi) is 5.19. The van der Waals surface area contributed by atoms with Crippen molar-refractivity contribution < 1.29 is 14.7 Å². The van der Waals surface area contributed by atoms with Gasteiger partial charge in [-0.25, -0.2) is 0 Å². The summed E-state index contributed by atoms with van der Waals surface area (Å²) < 4.78 is 0. The number of fused-ring (bicyclic) bond motifs is 1. The van der Waals surface area contributed by atoms with Crippen LogP contribution < -0.4 is 5.32 Å². The van der Waals surface area contributed by atoms with Crippen molar-refractivity contribution in [1.29, 1.82) is 0 Å². The maximum Gasteiger partial charge on any atom is 0.225 e. The average molecular weight is 330 g/mol. The summed E-state index contributed by atoms with van der Waals surface area (Å²) in [5.41, 5.74) is 2.10. The van der Waals surface area contributed by atoms with Crippen LogP contribution >= 0.6 is 0 Å². The third kappa shape index (κ3) is 3.46. The quantitative estimate of drug-likeness (QED) is 0.884. The van der Waals surface area contributed by atoms with E-state index in [2.05, 4.69) is 5.32 Å². The van der Waals surface area contributed by atoms with Gasteiger partial charge in [-0.1, -0.05) is 31.2 Å². The van der Waals surface area contributed by atoms with E-state index in [0.717, 1.165) is 36.9 Å². The molecule has 1 fully saturated rings. The first-order valence-corrected chi connectivity index (χ1v) is 8.94. The van der Waals surface area contributed by atoms with Crippen molar-refractivity contribution in [2.24, 2.45) is 5.92 Å². The highest BCUT2D eigenvalue weighted by Gasteiger charge is 2.35. The summed E-state index contributed by atoms with van der Waals surface area (Å²) in [7, 11) is 0. The van der Waals surface area contributed by atoms with E-state index in [1.165, 1.54) is 0 Å². The lowest BCUT2D eigenvalue weighted by Crippen LogP contribution is -2.47. The van der Waals surface area contributed by atoms with Crippen LogP contribution in [-0.4, -0.2) is 41.0 Å². The van der Waals surface area contributed by atoms with E-state index in [9.17, 15) is 14.7 Å². The van der Waals surface area contributed by atoms with E-state index in [1.807, 2.05) is 36.1 Å². The van der Waals surface area contributed by atoms with Gasteiger partial charge in [-0.2, -0.15) is 0 Å². The van der Waals surface area contributed by atoms with Crippen molar-refractivity contribution in [1.82, 2.24) is 10.2 Å². The summed E-state index contributed by atoms with van der Waals surface area (Å²) >= 11 is 0. The molecule has 1 heterocycles. The minimum atomic E-state index is -0.576. The Labute approximate surface area is 143 Å². The molecule has 0 radical (unpaired) electrons. The fourth-order valence-electron chi connectivity index (χ4n) is 3.81. The number of rotatable bonds is 4. The van der Waals surface area contributed by atoms with E-state index >= 15 is 0 Å². The molecule has 5 nitrogen and oxygen atoms in total. The minimum absolute atomic E-state index is 0.0512. The summed E-state index contributed by atoms with van der Waals surface area (Å²) in [4.78, 5) is 26.6. The molecule has 1 aromatic carbocycles. The van der Waals surface area contributed by atoms with E-state index < -0.39 is 6.10 Å². The predicted octanol–water partition coefficient (Wildman–Crippen LogP) is 1.80. The third-order valence-corrected chi connectivity index (χ3v) is 5.11. The third-order valence-electron chi connectivity index (χ3n) is 5.11. The van der Waals surface area contributed by atoms with Gasteiger partial charge in [-0.15, -0.1) is 0 Å². The molecule has 1 saturated heterocycles. The van der Waals surface area contributed by atoms with Crippen molar-refractivity contribution in [2.45, 2.75) is 51.2 Å². The number of nitrogens with one attached hydrogen (secondary N) is 1. The zero-order chi connectivity index (χ0) is 17.1. The van der Waals surface area contributed by atoms with Crippen LogP contribution in [0, 0.1) is 5.92 Å². The highest BCUT2D eigenvalue weighted by atomic mass is 16.3. The number of carbonyl (C=O) groups excluding carboxylic acids is 2. The van der Waals surface area contributed by atoms with Crippen LogP contribution in [0.5, 0.6) is 0 Å². The lowest BCUT2D eigenvalue weighted by molar-refractivity contribution is -0.136. The lowest BCUT2D eigenvalue weighted by atomic mass is 9.96. The molecule has 2 aliphatic rings. The maximum absolute atomic E-state index is 12.7. The first kappa shape index (κ1) is 17.0. The van der Waals surface area contributed by atoms with Crippen LogP contribution in [0.25, 0.3) is 0 Å². The van der Waals surface area contributed by atoms with Gasteiger partial charge in [0, 0.05) is 25.9 Å². The van der Waals surface area contributed by atoms with Crippen molar-refractivity contribution in [3.63, 3.8) is 0 Å². The molecule has 0 aromatic heterocycles. The number of benzene rings is 1. The summed E-state index contributed by atoms with van der Waals surface area (Å²) in [6, 6.07) is 7.51. The van der Waals surface area contributed by atoms with Gasteiger partial charge in [0.2, 0.25) is 11.8 Å². The number of piperidine rings is 1. The molecule has 3 unspecified atom stereocenters. The van der Waals surface area contributed by atoms with Gasteiger partial charge in [0.1, 0.15) is 0 Å². The second kappa shape index (κ2) is 7.34. The van der Waals surface area contributed by atoms with Crippen LogP contribution in [0.1, 0.15) is 49.8 Å². The highest BCUT2D eigenvalue weighted by molar-refractivity contribution is 5.82. The van der Waals surface area contributed by atoms with Gasteiger partial charge < -0.3 is 15.3 Å². The number of hydrogen-bond acceptors (Lipinski definition) is 3.